The summed E-state index contributed by atoms with van der Waals surface area (Å²) in [4.78, 5) is 38.9. The Kier molecular flexibility index (Phi) is 6.32. The molecule has 5 rings (SSSR count). The van der Waals surface area contributed by atoms with Gasteiger partial charge in [-0.15, -0.1) is 11.6 Å². The number of hydrogen-bond acceptors (Lipinski definition) is 7. The number of fused-ring (bicyclic) bond motifs is 5. The molecule has 10 heteroatoms. The van der Waals surface area contributed by atoms with E-state index < -0.39 is 68.4 Å². The average Bonchev–Trinajstić information content (AvgIpc) is 3.45. The number of aliphatic hydroxyl groups is 1. The Bertz CT molecular complexity index is 1200. The first-order valence-corrected chi connectivity index (χ1v) is 13.8. The van der Waals surface area contributed by atoms with Gasteiger partial charge in [0.05, 0.1) is 17.7 Å². The van der Waals surface area contributed by atoms with Crippen molar-refractivity contribution in [3.8, 4) is 0 Å². The highest BCUT2D eigenvalue weighted by Crippen LogP contribution is 2.72. The van der Waals surface area contributed by atoms with E-state index in [4.69, 9.17) is 20.8 Å². The highest BCUT2D eigenvalue weighted by molar-refractivity contribution is 8.13. The summed E-state index contributed by atoms with van der Waals surface area (Å²) in [5.74, 6) is -3.26. The third kappa shape index (κ3) is 3.35. The normalized spacial score (nSPS) is 44.5. The van der Waals surface area contributed by atoms with Crippen molar-refractivity contribution in [2.24, 2.45) is 28.6 Å². The van der Waals surface area contributed by atoms with Gasteiger partial charge < -0.3 is 14.3 Å². The molecule has 0 spiro atoms. The molecule has 3 saturated carbocycles. The first-order chi connectivity index (χ1) is 17.4. The van der Waals surface area contributed by atoms with Gasteiger partial charge in [0.2, 0.25) is 10.9 Å². The smallest absolute Gasteiger partial charge is 0.375 e. The van der Waals surface area contributed by atoms with E-state index in [1.807, 2.05) is 0 Å². The predicted molar refractivity (Wildman–Crippen MR) is 133 cm³/mol. The minimum absolute atomic E-state index is 0.120. The number of halogens is 3. The van der Waals surface area contributed by atoms with Crippen LogP contribution in [0.2, 0.25) is 0 Å². The lowest BCUT2D eigenvalue weighted by Crippen LogP contribution is -2.70. The van der Waals surface area contributed by atoms with E-state index in [0.717, 1.165) is 0 Å². The minimum Gasteiger partial charge on any atom is -0.457 e. The zero-order chi connectivity index (χ0) is 27.0. The second-order valence-corrected chi connectivity index (χ2v) is 12.5. The molecule has 4 aliphatic rings. The van der Waals surface area contributed by atoms with Crippen LogP contribution in [0.15, 0.2) is 46.6 Å². The molecular weight excluding hydrogens is 526 g/mol. The molecule has 4 aliphatic carbocycles. The summed E-state index contributed by atoms with van der Waals surface area (Å²) in [6.45, 7) is 5.09. The quantitative estimate of drug-likeness (QED) is 0.404. The zero-order valence-electron chi connectivity index (χ0n) is 20.7. The molecule has 1 aromatic rings. The summed E-state index contributed by atoms with van der Waals surface area (Å²) in [6.07, 6.45) is 4.06. The molecule has 0 aliphatic heterocycles. The molecule has 1 N–H and O–H groups in total. The number of allylic oxidation sites excluding steroid dienone is 4. The van der Waals surface area contributed by atoms with Crippen molar-refractivity contribution in [1.29, 1.82) is 0 Å². The maximum atomic E-state index is 17.5. The lowest BCUT2D eigenvalue weighted by Gasteiger charge is -2.63. The number of ether oxygens (including phenoxy) is 1. The van der Waals surface area contributed by atoms with Gasteiger partial charge in [-0.25, -0.2) is 13.6 Å². The molecule has 37 heavy (non-hydrogen) atoms. The largest absolute Gasteiger partial charge is 0.457 e. The van der Waals surface area contributed by atoms with Crippen LogP contribution in [0.25, 0.3) is 0 Å². The number of hydrogen-bond donors (Lipinski definition) is 1. The molecule has 0 bridgehead atoms. The second kappa shape index (κ2) is 8.78. The predicted octanol–water partition coefficient (Wildman–Crippen LogP) is 5.20. The molecule has 1 heterocycles. The minimum atomic E-state index is -2.19. The lowest BCUT2D eigenvalue weighted by molar-refractivity contribution is -0.216. The molecular formula is C27H29ClF2O6S. The van der Waals surface area contributed by atoms with Crippen LogP contribution in [0.3, 0.4) is 0 Å². The van der Waals surface area contributed by atoms with E-state index in [-0.39, 0.29) is 24.4 Å². The van der Waals surface area contributed by atoms with Crippen LogP contribution in [-0.2, 0) is 14.3 Å². The third-order valence-corrected chi connectivity index (χ3v) is 10.7. The molecule has 0 unspecified atom stereocenters. The van der Waals surface area contributed by atoms with Gasteiger partial charge in [0, 0.05) is 22.7 Å². The fourth-order valence-corrected chi connectivity index (χ4v) is 9.24. The number of alkyl halides is 3. The number of rotatable bonds is 4. The SMILES string of the molecule is C[C@@H]1C[C@H]2[C@@H]3C[C@H](Cl)C4=CC(=O)C=C[C@]4(C)[C@@]3(F)[C@@H](O)C[C@]2(C)[C@@]1(OC(=O)c1ccco1)C(=O)SCF. The van der Waals surface area contributed by atoms with E-state index in [1.165, 1.54) is 36.6 Å². The fraction of sp³-hybridized carbons (Fsp3) is 0.593. The Balaban J connectivity index is 1.64. The summed E-state index contributed by atoms with van der Waals surface area (Å²) < 4.78 is 42.1. The molecule has 0 amide bonds. The number of carbonyl (C=O) groups excluding carboxylic acids is 3. The van der Waals surface area contributed by atoms with Gasteiger partial charge in [0.15, 0.2) is 17.1 Å². The third-order valence-electron chi connectivity index (χ3n) is 9.63. The summed E-state index contributed by atoms with van der Waals surface area (Å²) in [5.41, 5.74) is -6.17. The van der Waals surface area contributed by atoms with Gasteiger partial charge in [-0.2, -0.15) is 0 Å². The van der Waals surface area contributed by atoms with Gasteiger partial charge in [-0.1, -0.05) is 19.9 Å². The lowest BCUT2D eigenvalue weighted by atomic mass is 9.44. The highest BCUT2D eigenvalue weighted by Gasteiger charge is 2.78. The van der Waals surface area contributed by atoms with Crippen LogP contribution < -0.4 is 0 Å². The van der Waals surface area contributed by atoms with Crippen LogP contribution in [-0.4, -0.2) is 50.7 Å². The zero-order valence-corrected chi connectivity index (χ0v) is 22.3. The van der Waals surface area contributed by atoms with Crippen molar-refractivity contribution < 1.29 is 37.4 Å². The summed E-state index contributed by atoms with van der Waals surface area (Å²) >= 11 is 7.16. The topological polar surface area (TPSA) is 93.8 Å². The first kappa shape index (κ1) is 26.6. The van der Waals surface area contributed by atoms with Crippen molar-refractivity contribution in [3.05, 3.63) is 48.0 Å². The Morgan fingerprint density at radius 2 is 2.03 bits per heavy atom. The summed E-state index contributed by atoms with van der Waals surface area (Å²) in [6, 6.07) is 1.87. The van der Waals surface area contributed by atoms with Crippen LogP contribution in [0.5, 0.6) is 0 Å². The van der Waals surface area contributed by atoms with Crippen LogP contribution in [0, 0.1) is 28.6 Å². The van der Waals surface area contributed by atoms with Crippen molar-refractivity contribution in [2.75, 3.05) is 6.01 Å². The van der Waals surface area contributed by atoms with Crippen LogP contribution >= 0.6 is 23.4 Å². The number of aliphatic hydroxyl groups excluding tert-OH is 1. The van der Waals surface area contributed by atoms with Gasteiger partial charge in [-0.3, -0.25) is 9.59 Å². The Morgan fingerprint density at radius 1 is 1.30 bits per heavy atom. The van der Waals surface area contributed by atoms with E-state index in [1.54, 1.807) is 20.8 Å². The van der Waals surface area contributed by atoms with Crippen molar-refractivity contribution in [3.63, 3.8) is 0 Å². The summed E-state index contributed by atoms with van der Waals surface area (Å²) in [7, 11) is 0. The number of carbonyl (C=O) groups is 3. The number of furan rings is 1. The van der Waals surface area contributed by atoms with Gasteiger partial charge in [0.1, 0.15) is 6.01 Å². The standard InChI is InChI=1S/C27H29ClF2O6S/c1-14-9-16-17-11-19(28)18-10-15(31)6-7-24(18,2)26(17,30)21(32)12-25(16,3)27(14,23(34)37-13-29)36-22(33)20-5-4-8-35-20/h4-8,10,14,16-17,19,21,32H,9,11-13H2,1-3H3/t14-,16+,17+,19+,21+,24+,25+,26+,27+/m1/s1. The molecule has 1 aromatic heterocycles. The Hall–Kier alpha value is -1.97. The highest BCUT2D eigenvalue weighted by atomic mass is 35.5. The molecule has 0 saturated heterocycles. The fourth-order valence-electron chi connectivity index (χ4n) is 7.97. The van der Waals surface area contributed by atoms with Crippen molar-refractivity contribution in [2.45, 2.75) is 62.8 Å². The molecule has 200 valence electrons. The number of esters is 1. The van der Waals surface area contributed by atoms with E-state index in [0.29, 0.717) is 23.8 Å². The maximum Gasteiger partial charge on any atom is 0.375 e. The second-order valence-electron chi connectivity index (χ2n) is 11.1. The van der Waals surface area contributed by atoms with Gasteiger partial charge >= 0.3 is 5.97 Å². The molecule has 9 atom stereocenters. The summed E-state index contributed by atoms with van der Waals surface area (Å²) in [5, 5.41) is 10.2. The maximum absolute atomic E-state index is 17.5. The Labute approximate surface area is 222 Å². The van der Waals surface area contributed by atoms with Gasteiger partial charge in [0.25, 0.3) is 0 Å². The molecule has 0 radical (unpaired) electrons. The van der Waals surface area contributed by atoms with Crippen LogP contribution in [0.4, 0.5) is 8.78 Å². The van der Waals surface area contributed by atoms with E-state index in [2.05, 4.69) is 0 Å². The Morgan fingerprint density at radius 3 is 2.68 bits per heavy atom. The van der Waals surface area contributed by atoms with Crippen molar-refractivity contribution in [1.82, 2.24) is 0 Å². The number of thioether (sulfide) groups is 1. The average molecular weight is 555 g/mol. The monoisotopic (exact) mass is 554 g/mol. The van der Waals surface area contributed by atoms with E-state index >= 15 is 4.39 Å². The van der Waals surface area contributed by atoms with Gasteiger partial charge in [-0.05, 0) is 73.7 Å². The first-order valence-electron chi connectivity index (χ1n) is 12.3. The molecule has 6 nitrogen and oxygen atoms in total. The van der Waals surface area contributed by atoms with Crippen LogP contribution in [0.1, 0.15) is 50.6 Å². The number of ketones is 1. The molecule has 0 aromatic carbocycles. The van der Waals surface area contributed by atoms with Crippen molar-refractivity contribution >= 4 is 40.2 Å². The molecule has 3 fully saturated rings. The van der Waals surface area contributed by atoms with E-state index in [9.17, 15) is 23.9 Å².